The van der Waals surface area contributed by atoms with E-state index in [4.69, 9.17) is 38.8 Å². The Morgan fingerprint density at radius 3 is 2.42 bits per heavy atom. The van der Waals surface area contributed by atoms with Gasteiger partial charge in [0, 0.05) is 60.1 Å². The summed E-state index contributed by atoms with van der Waals surface area (Å²) in [6, 6.07) is 11.1. The summed E-state index contributed by atoms with van der Waals surface area (Å²) in [5.74, 6) is -0.0157. The zero-order valence-corrected chi connectivity index (χ0v) is 30.7. The molecule has 1 atom stereocenters. The average Bonchev–Trinajstić information content (AvgIpc) is 3.67. The summed E-state index contributed by atoms with van der Waals surface area (Å²) in [5, 5.41) is 7.01. The molecule has 7 rings (SSSR count). The van der Waals surface area contributed by atoms with Crippen LogP contribution in [0, 0.1) is 27.7 Å². The number of hydrogen-bond donors (Lipinski definition) is 1. The quantitative estimate of drug-likeness (QED) is 0.162. The van der Waals surface area contributed by atoms with Gasteiger partial charge in [-0.05, 0) is 94.5 Å². The number of rotatable bonds is 8. The van der Waals surface area contributed by atoms with E-state index in [1.54, 1.807) is 11.0 Å². The highest BCUT2D eigenvalue weighted by molar-refractivity contribution is 6.35. The van der Waals surface area contributed by atoms with Crippen molar-refractivity contribution in [3.05, 3.63) is 92.1 Å². The van der Waals surface area contributed by atoms with Crippen molar-refractivity contribution in [3.8, 4) is 16.9 Å². The molecular formula is C38H39Cl2N7O3. The fraction of sp³-hybridized carbons (Fsp3) is 0.316. The lowest BCUT2D eigenvalue weighted by molar-refractivity contribution is 0.0956. The highest BCUT2D eigenvalue weighted by Gasteiger charge is 2.38. The highest BCUT2D eigenvalue weighted by atomic mass is 35.5. The minimum Gasteiger partial charge on any atom is -0.494 e. The van der Waals surface area contributed by atoms with Gasteiger partial charge in [0.1, 0.15) is 22.7 Å². The average molecular weight is 713 g/mol. The molecule has 0 aliphatic carbocycles. The fourth-order valence-corrected chi connectivity index (χ4v) is 7.87. The predicted molar refractivity (Wildman–Crippen MR) is 199 cm³/mol. The van der Waals surface area contributed by atoms with Gasteiger partial charge in [0.2, 0.25) is 0 Å². The summed E-state index contributed by atoms with van der Waals surface area (Å²) in [6.45, 7) is 10.9. The zero-order valence-electron chi connectivity index (χ0n) is 29.2. The van der Waals surface area contributed by atoms with Crippen LogP contribution in [0.15, 0.2) is 42.6 Å². The van der Waals surface area contributed by atoms with Crippen LogP contribution in [0.3, 0.4) is 0 Å². The van der Waals surface area contributed by atoms with Gasteiger partial charge < -0.3 is 24.5 Å². The zero-order chi connectivity index (χ0) is 35.8. The molecule has 0 spiro atoms. The molecule has 1 aliphatic heterocycles. The molecule has 0 bridgehead atoms. The molecule has 10 nitrogen and oxygen atoms in total. The van der Waals surface area contributed by atoms with E-state index < -0.39 is 5.91 Å². The number of anilines is 1. The van der Waals surface area contributed by atoms with Crippen molar-refractivity contribution in [2.75, 3.05) is 18.1 Å². The van der Waals surface area contributed by atoms with Gasteiger partial charge in [0.25, 0.3) is 11.8 Å². The van der Waals surface area contributed by atoms with Crippen LogP contribution in [-0.4, -0.2) is 48.9 Å². The molecule has 0 radical (unpaired) electrons. The number of fused-ring (bicyclic) bond motifs is 4. The van der Waals surface area contributed by atoms with Crippen molar-refractivity contribution in [1.29, 1.82) is 0 Å². The Hall–Kier alpha value is -4.80. The van der Waals surface area contributed by atoms with Gasteiger partial charge in [0.05, 0.1) is 34.0 Å². The van der Waals surface area contributed by atoms with E-state index in [1.165, 1.54) is 0 Å². The summed E-state index contributed by atoms with van der Waals surface area (Å²) in [4.78, 5) is 33.4. The number of aromatic nitrogens is 5. The molecule has 6 aromatic rings. The van der Waals surface area contributed by atoms with Crippen LogP contribution < -0.4 is 15.4 Å². The SMILES string of the molecule is Cc1cc(OCCCc2c3n(c4c(-c5c(C)nn(C)c5C)c(Cl)ccc24)C(C)CN(c2cn(C)c4ccc(C(N)=O)nc24)C3=O)cc(C)c1Cl. The van der Waals surface area contributed by atoms with Crippen molar-refractivity contribution in [2.45, 2.75) is 53.5 Å². The summed E-state index contributed by atoms with van der Waals surface area (Å²) >= 11 is 13.5. The van der Waals surface area contributed by atoms with E-state index in [1.807, 2.05) is 87.6 Å². The number of primary amides is 1. The lowest BCUT2D eigenvalue weighted by Gasteiger charge is -2.34. The van der Waals surface area contributed by atoms with E-state index >= 15 is 0 Å². The Morgan fingerprint density at radius 1 is 1.04 bits per heavy atom. The third-order valence-corrected chi connectivity index (χ3v) is 10.8. The predicted octanol–water partition coefficient (Wildman–Crippen LogP) is 7.80. The molecule has 0 saturated carbocycles. The molecule has 258 valence electrons. The Bertz CT molecular complexity index is 2360. The molecule has 2 aromatic carbocycles. The van der Waals surface area contributed by atoms with Crippen LogP contribution in [-0.2, 0) is 20.5 Å². The molecular weight excluding hydrogens is 673 g/mol. The minimum absolute atomic E-state index is 0.140. The van der Waals surface area contributed by atoms with E-state index in [9.17, 15) is 9.59 Å². The molecule has 1 aliphatic rings. The van der Waals surface area contributed by atoms with Crippen molar-refractivity contribution in [3.63, 3.8) is 0 Å². The van der Waals surface area contributed by atoms with Gasteiger partial charge in [-0.3, -0.25) is 14.3 Å². The second-order valence-electron chi connectivity index (χ2n) is 13.3. The normalized spacial score (nSPS) is 14.6. The number of nitrogens with zero attached hydrogens (tertiary/aromatic N) is 6. The number of ether oxygens (including phenoxy) is 1. The van der Waals surface area contributed by atoms with E-state index in [-0.39, 0.29) is 17.6 Å². The first-order chi connectivity index (χ1) is 23.8. The second kappa shape index (κ2) is 12.5. The molecule has 4 aromatic heterocycles. The lowest BCUT2D eigenvalue weighted by atomic mass is 9.98. The molecule has 5 heterocycles. The third-order valence-electron chi connectivity index (χ3n) is 9.92. The Labute approximate surface area is 300 Å². The molecule has 1 unspecified atom stereocenters. The van der Waals surface area contributed by atoms with Gasteiger partial charge in [-0.2, -0.15) is 5.10 Å². The first-order valence-corrected chi connectivity index (χ1v) is 17.4. The summed E-state index contributed by atoms with van der Waals surface area (Å²) < 4.78 is 12.1. The Balaban J connectivity index is 1.38. The van der Waals surface area contributed by atoms with Crippen LogP contribution in [0.2, 0.25) is 10.0 Å². The van der Waals surface area contributed by atoms with Crippen molar-refractivity contribution >= 4 is 62.6 Å². The molecule has 2 amide bonds. The highest BCUT2D eigenvalue weighted by Crippen LogP contribution is 2.45. The molecule has 12 heteroatoms. The van der Waals surface area contributed by atoms with Crippen molar-refractivity contribution < 1.29 is 14.3 Å². The number of carbonyl (C=O) groups is 2. The third kappa shape index (κ3) is 5.32. The summed E-state index contributed by atoms with van der Waals surface area (Å²) in [7, 11) is 3.82. The summed E-state index contributed by atoms with van der Waals surface area (Å²) in [6.07, 6.45) is 3.14. The lowest BCUT2D eigenvalue weighted by Crippen LogP contribution is -2.42. The fourth-order valence-electron chi connectivity index (χ4n) is 7.51. The van der Waals surface area contributed by atoms with E-state index in [2.05, 4.69) is 16.5 Å². The maximum Gasteiger partial charge on any atom is 0.275 e. The Kier molecular flexibility index (Phi) is 8.43. The number of benzene rings is 2. The molecule has 0 saturated heterocycles. The smallest absolute Gasteiger partial charge is 0.275 e. The van der Waals surface area contributed by atoms with Gasteiger partial charge in [-0.15, -0.1) is 0 Å². The minimum atomic E-state index is -0.626. The number of halogens is 2. The monoisotopic (exact) mass is 711 g/mol. The largest absolute Gasteiger partial charge is 0.494 e. The Morgan fingerprint density at radius 2 is 1.76 bits per heavy atom. The number of hydrogen-bond acceptors (Lipinski definition) is 5. The number of pyridine rings is 1. The summed E-state index contributed by atoms with van der Waals surface area (Å²) in [5.41, 5.74) is 15.8. The van der Waals surface area contributed by atoms with Crippen LogP contribution in [0.5, 0.6) is 5.75 Å². The molecule has 50 heavy (non-hydrogen) atoms. The maximum atomic E-state index is 14.9. The van der Waals surface area contributed by atoms with Gasteiger partial charge in [-0.25, -0.2) is 4.98 Å². The second-order valence-corrected chi connectivity index (χ2v) is 14.1. The maximum absolute atomic E-state index is 14.9. The van der Waals surface area contributed by atoms with Gasteiger partial charge in [0.15, 0.2) is 0 Å². The van der Waals surface area contributed by atoms with Crippen LogP contribution in [0.1, 0.15) is 68.4 Å². The van der Waals surface area contributed by atoms with E-state index in [0.717, 1.165) is 66.4 Å². The van der Waals surface area contributed by atoms with Crippen molar-refractivity contribution in [2.24, 2.45) is 19.8 Å². The molecule has 2 N–H and O–H groups in total. The first kappa shape index (κ1) is 33.7. The number of aryl methyl sites for hydroxylation is 6. The topological polar surface area (TPSA) is 113 Å². The van der Waals surface area contributed by atoms with Gasteiger partial charge in [-0.1, -0.05) is 29.3 Å². The number of amides is 2. The van der Waals surface area contributed by atoms with Crippen LogP contribution >= 0.6 is 23.2 Å². The van der Waals surface area contributed by atoms with Crippen LogP contribution in [0.4, 0.5) is 5.69 Å². The van der Waals surface area contributed by atoms with Crippen molar-refractivity contribution in [1.82, 2.24) is 23.9 Å². The number of nitrogens with two attached hydrogens (primary N) is 1. The first-order valence-electron chi connectivity index (χ1n) is 16.6. The standard InChI is InChI=1S/C38H39Cl2N7O3/c1-19-15-24(16-20(2)33(19)40)50-14-8-9-25-26-10-11-27(39)32(31-22(4)43-45(7)23(31)5)35(26)47-21(3)17-46(38(49)36(25)47)30-18-44(6)29-13-12-28(37(41)48)42-34(29)30/h10-13,15-16,18,21H,8-9,14,17H2,1-7H3,(H2,41,48). The van der Waals surface area contributed by atoms with E-state index in [0.29, 0.717) is 47.9 Å². The molecule has 0 fully saturated rings. The number of carbonyl (C=O) groups excluding carboxylic acids is 2. The van der Waals surface area contributed by atoms with Gasteiger partial charge >= 0.3 is 0 Å². The van der Waals surface area contributed by atoms with Crippen LogP contribution in [0.25, 0.3) is 33.1 Å².